The zero-order valence-electron chi connectivity index (χ0n) is 10.6. The third-order valence-electron chi connectivity index (χ3n) is 2.67. The van der Waals surface area contributed by atoms with E-state index in [2.05, 4.69) is 46.4 Å². The Balaban J connectivity index is 2.21. The van der Waals surface area contributed by atoms with Gasteiger partial charge in [-0.25, -0.2) is 0 Å². The third-order valence-corrected chi connectivity index (χ3v) is 2.67. The lowest BCUT2D eigenvalue weighted by molar-refractivity contribution is 0.579. The SMILES string of the molecule is CCCn1cc(-c2ccc(N(C)C)cc2)nn1. The fourth-order valence-corrected chi connectivity index (χ4v) is 1.70. The molecule has 0 bridgehead atoms. The van der Waals surface area contributed by atoms with Crippen LogP contribution in [0.1, 0.15) is 13.3 Å². The molecule has 17 heavy (non-hydrogen) atoms. The van der Waals surface area contributed by atoms with Crippen molar-refractivity contribution < 1.29 is 0 Å². The van der Waals surface area contributed by atoms with E-state index < -0.39 is 0 Å². The van der Waals surface area contributed by atoms with E-state index in [9.17, 15) is 0 Å². The van der Waals surface area contributed by atoms with Gasteiger partial charge in [0.05, 0.1) is 6.20 Å². The first-order valence-corrected chi connectivity index (χ1v) is 5.88. The van der Waals surface area contributed by atoms with E-state index in [-0.39, 0.29) is 0 Å². The van der Waals surface area contributed by atoms with Crippen LogP contribution in [0.15, 0.2) is 30.5 Å². The number of aryl methyl sites for hydroxylation is 1. The van der Waals surface area contributed by atoms with Crippen LogP contribution in [0.5, 0.6) is 0 Å². The first-order valence-electron chi connectivity index (χ1n) is 5.88. The Labute approximate surface area is 102 Å². The van der Waals surface area contributed by atoms with Crippen molar-refractivity contribution in [3.8, 4) is 11.3 Å². The van der Waals surface area contributed by atoms with Crippen molar-refractivity contribution in [2.24, 2.45) is 0 Å². The average molecular weight is 230 g/mol. The van der Waals surface area contributed by atoms with Crippen LogP contribution in [-0.4, -0.2) is 29.1 Å². The molecule has 0 aliphatic heterocycles. The van der Waals surface area contributed by atoms with Crippen LogP contribution in [0.4, 0.5) is 5.69 Å². The lowest BCUT2D eigenvalue weighted by atomic mass is 10.1. The van der Waals surface area contributed by atoms with Crippen molar-refractivity contribution >= 4 is 5.69 Å². The maximum absolute atomic E-state index is 4.18. The van der Waals surface area contributed by atoms with Gasteiger partial charge in [-0.3, -0.25) is 4.68 Å². The molecule has 0 aliphatic carbocycles. The Morgan fingerprint density at radius 1 is 1.18 bits per heavy atom. The summed E-state index contributed by atoms with van der Waals surface area (Å²) in [4.78, 5) is 2.08. The molecule has 0 unspecified atom stereocenters. The molecule has 1 aromatic carbocycles. The van der Waals surface area contributed by atoms with Gasteiger partial charge in [-0.1, -0.05) is 24.3 Å². The van der Waals surface area contributed by atoms with Crippen molar-refractivity contribution in [3.63, 3.8) is 0 Å². The molecule has 0 N–H and O–H groups in total. The van der Waals surface area contributed by atoms with E-state index in [0.717, 1.165) is 24.2 Å². The van der Waals surface area contributed by atoms with E-state index in [4.69, 9.17) is 0 Å². The highest BCUT2D eigenvalue weighted by molar-refractivity contribution is 5.61. The third kappa shape index (κ3) is 2.64. The average Bonchev–Trinajstić information content (AvgIpc) is 2.78. The van der Waals surface area contributed by atoms with Crippen LogP contribution in [0.2, 0.25) is 0 Å². The molecule has 0 aliphatic rings. The van der Waals surface area contributed by atoms with Crippen LogP contribution in [0.25, 0.3) is 11.3 Å². The number of hydrogen-bond donors (Lipinski definition) is 0. The summed E-state index contributed by atoms with van der Waals surface area (Å²) in [5.74, 6) is 0. The van der Waals surface area contributed by atoms with E-state index in [1.54, 1.807) is 0 Å². The first-order chi connectivity index (χ1) is 8.20. The summed E-state index contributed by atoms with van der Waals surface area (Å²) in [7, 11) is 4.07. The van der Waals surface area contributed by atoms with E-state index in [1.807, 2.05) is 25.0 Å². The second-order valence-electron chi connectivity index (χ2n) is 4.31. The second kappa shape index (κ2) is 4.99. The van der Waals surface area contributed by atoms with Gasteiger partial charge in [0, 0.05) is 31.9 Å². The van der Waals surface area contributed by atoms with Gasteiger partial charge < -0.3 is 4.90 Å². The Morgan fingerprint density at radius 3 is 2.47 bits per heavy atom. The summed E-state index contributed by atoms with van der Waals surface area (Å²) in [6.07, 6.45) is 3.07. The molecule has 90 valence electrons. The molecule has 4 nitrogen and oxygen atoms in total. The molecule has 0 atom stereocenters. The Hall–Kier alpha value is -1.84. The van der Waals surface area contributed by atoms with Crippen molar-refractivity contribution in [2.75, 3.05) is 19.0 Å². The fraction of sp³-hybridized carbons (Fsp3) is 0.385. The molecular formula is C13H18N4. The molecule has 2 rings (SSSR count). The molecule has 0 saturated carbocycles. The number of rotatable bonds is 4. The molecule has 0 saturated heterocycles. The van der Waals surface area contributed by atoms with Crippen LogP contribution < -0.4 is 4.90 Å². The van der Waals surface area contributed by atoms with Gasteiger partial charge >= 0.3 is 0 Å². The lowest BCUT2D eigenvalue weighted by Crippen LogP contribution is -2.07. The fourth-order valence-electron chi connectivity index (χ4n) is 1.70. The van der Waals surface area contributed by atoms with Crippen LogP contribution in [0.3, 0.4) is 0 Å². The zero-order chi connectivity index (χ0) is 12.3. The molecule has 0 radical (unpaired) electrons. The minimum Gasteiger partial charge on any atom is -0.378 e. The monoisotopic (exact) mass is 230 g/mol. The zero-order valence-corrected chi connectivity index (χ0v) is 10.6. The van der Waals surface area contributed by atoms with Gasteiger partial charge in [0.2, 0.25) is 0 Å². The Kier molecular flexibility index (Phi) is 3.42. The highest BCUT2D eigenvalue weighted by atomic mass is 15.4. The minimum absolute atomic E-state index is 0.919. The summed E-state index contributed by atoms with van der Waals surface area (Å²) in [5, 5.41) is 8.28. The summed E-state index contributed by atoms with van der Waals surface area (Å²) < 4.78 is 1.88. The number of aromatic nitrogens is 3. The molecule has 4 heteroatoms. The largest absolute Gasteiger partial charge is 0.378 e. The summed E-state index contributed by atoms with van der Waals surface area (Å²) in [5.41, 5.74) is 3.23. The van der Waals surface area contributed by atoms with Gasteiger partial charge in [-0.05, 0) is 18.6 Å². The highest BCUT2D eigenvalue weighted by Gasteiger charge is 2.03. The van der Waals surface area contributed by atoms with E-state index >= 15 is 0 Å². The highest BCUT2D eigenvalue weighted by Crippen LogP contribution is 2.20. The normalized spacial score (nSPS) is 10.5. The van der Waals surface area contributed by atoms with Crippen molar-refractivity contribution in [1.82, 2.24) is 15.0 Å². The standard InChI is InChI=1S/C13H18N4/c1-4-9-17-10-13(14-15-17)11-5-7-12(8-6-11)16(2)3/h5-8,10H,4,9H2,1-3H3. The number of nitrogens with zero attached hydrogens (tertiary/aromatic N) is 4. The maximum Gasteiger partial charge on any atom is 0.113 e. The van der Waals surface area contributed by atoms with Gasteiger partial charge in [-0.2, -0.15) is 0 Å². The van der Waals surface area contributed by atoms with Crippen molar-refractivity contribution in [2.45, 2.75) is 19.9 Å². The van der Waals surface area contributed by atoms with E-state index in [1.165, 1.54) is 5.69 Å². The van der Waals surface area contributed by atoms with Crippen LogP contribution in [-0.2, 0) is 6.54 Å². The second-order valence-corrected chi connectivity index (χ2v) is 4.31. The van der Waals surface area contributed by atoms with Crippen LogP contribution in [0, 0.1) is 0 Å². The number of anilines is 1. The van der Waals surface area contributed by atoms with Gasteiger partial charge in [0.15, 0.2) is 0 Å². The summed E-state index contributed by atoms with van der Waals surface area (Å²) in [6.45, 7) is 3.05. The maximum atomic E-state index is 4.18. The molecule has 2 aromatic rings. The Bertz CT molecular complexity index is 470. The predicted molar refractivity (Wildman–Crippen MR) is 70.1 cm³/mol. The van der Waals surface area contributed by atoms with Crippen molar-refractivity contribution in [3.05, 3.63) is 30.5 Å². The lowest BCUT2D eigenvalue weighted by Gasteiger charge is -2.11. The Morgan fingerprint density at radius 2 is 1.88 bits per heavy atom. The molecule has 0 amide bonds. The predicted octanol–water partition coefficient (Wildman–Crippen LogP) is 2.42. The minimum atomic E-state index is 0.919. The van der Waals surface area contributed by atoms with Gasteiger partial charge in [0.25, 0.3) is 0 Å². The molecule has 0 fully saturated rings. The van der Waals surface area contributed by atoms with Crippen molar-refractivity contribution in [1.29, 1.82) is 0 Å². The number of hydrogen-bond acceptors (Lipinski definition) is 3. The smallest absolute Gasteiger partial charge is 0.113 e. The van der Waals surface area contributed by atoms with Gasteiger partial charge in [-0.15, -0.1) is 5.10 Å². The summed E-state index contributed by atoms with van der Waals surface area (Å²) in [6, 6.07) is 8.34. The molecular weight excluding hydrogens is 212 g/mol. The molecule has 0 spiro atoms. The van der Waals surface area contributed by atoms with Crippen LogP contribution >= 0.6 is 0 Å². The molecule has 1 aromatic heterocycles. The first kappa shape index (κ1) is 11.6. The quantitative estimate of drug-likeness (QED) is 0.809. The van der Waals surface area contributed by atoms with Gasteiger partial charge in [0.1, 0.15) is 5.69 Å². The topological polar surface area (TPSA) is 34.0 Å². The number of benzene rings is 1. The summed E-state index contributed by atoms with van der Waals surface area (Å²) >= 11 is 0. The van der Waals surface area contributed by atoms with E-state index in [0.29, 0.717) is 0 Å². The molecule has 1 heterocycles.